The summed E-state index contributed by atoms with van der Waals surface area (Å²) in [6.45, 7) is 2.22. The number of nitrogens with zero attached hydrogens (tertiary/aromatic N) is 1. The molecule has 3 nitrogen and oxygen atoms in total. The van der Waals surface area contributed by atoms with Gasteiger partial charge in [-0.1, -0.05) is 0 Å². The Morgan fingerprint density at radius 2 is 2.00 bits per heavy atom. The number of nitrogens with two attached hydrogens (primary N) is 1. The number of likely N-dealkylation sites (N-methyl/N-ethyl adjacent to an activating group) is 1. The van der Waals surface area contributed by atoms with Crippen molar-refractivity contribution < 1.29 is 18.0 Å². The Kier molecular flexibility index (Phi) is 4.76. The van der Waals surface area contributed by atoms with E-state index in [1.54, 1.807) is 6.92 Å². The molecule has 2 N–H and O–H groups in total. The van der Waals surface area contributed by atoms with E-state index >= 15 is 0 Å². The number of carbonyl (C=O) groups excluding carboxylic acids is 1. The van der Waals surface area contributed by atoms with Crippen LogP contribution < -0.4 is 5.73 Å². The van der Waals surface area contributed by atoms with Crippen molar-refractivity contribution in [3.8, 4) is 0 Å². The monoisotopic (exact) mass is 198 g/mol. The maximum atomic E-state index is 11.8. The number of rotatable bonds is 4. The van der Waals surface area contributed by atoms with Gasteiger partial charge >= 0.3 is 6.18 Å². The Morgan fingerprint density at radius 1 is 1.46 bits per heavy atom. The Morgan fingerprint density at radius 3 is 2.31 bits per heavy atom. The molecule has 0 saturated heterocycles. The molecule has 0 radical (unpaired) electrons. The van der Waals surface area contributed by atoms with Crippen molar-refractivity contribution in [2.24, 2.45) is 5.73 Å². The first kappa shape index (κ1) is 12.2. The molecule has 78 valence electrons. The van der Waals surface area contributed by atoms with Gasteiger partial charge in [-0.25, -0.2) is 0 Å². The standard InChI is InChI=1S/C7H13F3N2O/c1-2-12(4-3-11)6(13)5-7(8,9)10/h2-5,11H2,1H3. The van der Waals surface area contributed by atoms with Crippen LogP contribution >= 0.6 is 0 Å². The second kappa shape index (κ2) is 5.06. The van der Waals surface area contributed by atoms with Gasteiger partial charge in [0, 0.05) is 19.6 Å². The van der Waals surface area contributed by atoms with Gasteiger partial charge in [0.25, 0.3) is 0 Å². The molecule has 0 aliphatic carbocycles. The van der Waals surface area contributed by atoms with Crippen molar-refractivity contribution in [2.75, 3.05) is 19.6 Å². The van der Waals surface area contributed by atoms with Crippen LogP contribution in [-0.4, -0.2) is 36.6 Å². The highest BCUT2D eigenvalue weighted by molar-refractivity contribution is 5.76. The molecule has 0 saturated carbocycles. The van der Waals surface area contributed by atoms with Gasteiger partial charge in [-0.3, -0.25) is 4.79 Å². The Hall–Kier alpha value is -0.780. The molecule has 0 aromatic heterocycles. The minimum Gasteiger partial charge on any atom is -0.341 e. The molecule has 6 heteroatoms. The summed E-state index contributed by atoms with van der Waals surface area (Å²) >= 11 is 0. The number of alkyl halides is 3. The van der Waals surface area contributed by atoms with Gasteiger partial charge in [0.1, 0.15) is 6.42 Å². The quantitative estimate of drug-likeness (QED) is 0.724. The zero-order chi connectivity index (χ0) is 10.5. The second-order valence-electron chi connectivity index (χ2n) is 2.55. The normalized spacial score (nSPS) is 11.5. The Balaban J connectivity index is 4.06. The van der Waals surface area contributed by atoms with E-state index in [9.17, 15) is 18.0 Å². The summed E-state index contributed by atoms with van der Waals surface area (Å²) in [4.78, 5) is 12.0. The molecule has 0 rings (SSSR count). The highest BCUT2D eigenvalue weighted by atomic mass is 19.4. The molecular weight excluding hydrogens is 185 g/mol. The van der Waals surface area contributed by atoms with E-state index < -0.39 is 18.5 Å². The lowest BCUT2D eigenvalue weighted by Gasteiger charge is -2.20. The summed E-state index contributed by atoms with van der Waals surface area (Å²) < 4.78 is 35.3. The second-order valence-corrected chi connectivity index (χ2v) is 2.55. The first-order valence-electron chi connectivity index (χ1n) is 3.95. The molecule has 0 aliphatic rings. The van der Waals surface area contributed by atoms with Crippen LogP contribution in [0.25, 0.3) is 0 Å². The van der Waals surface area contributed by atoms with Crippen molar-refractivity contribution in [3.05, 3.63) is 0 Å². The molecule has 0 heterocycles. The van der Waals surface area contributed by atoms with Gasteiger partial charge in [0.2, 0.25) is 5.91 Å². The number of amides is 1. The smallest absolute Gasteiger partial charge is 0.341 e. The zero-order valence-corrected chi connectivity index (χ0v) is 7.40. The molecule has 1 amide bonds. The fraction of sp³-hybridized carbons (Fsp3) is 0.857. The van der Waals surface area contributed by atoms with E-state index in [-0.39, 0.29) is 19.6 Å². The van der Waals surface area contributed by atoms with Gasteiger partial charge in [0.05, 0.1) is 0 Å². The van der Waals surface area contributed by atoms with Crippen LogP contribution in [0.3, 0.4) is 0 Å². The number of halogens is 3. The minimum absolute atomic E-state index is 0.172. The summed E-state index contributed by atoms with van der Waals surface area (Å²) in [7, 11) is 0. The average Bonchev–Trinajstić information content (AvgIpc) is 1.96. The third kappa shape index (κ3) is 5.46. The number of carbonyl (C=O) groups is 1. The van der Waals surface area contributed by atoms with E-state index in [1.165, 1.54) is 0 Å². The largest absolute Gasteiger partial charge is 0.397 e. The lowest BCUT2D eigenvalue weighted by molar-refractivity contribution is -0.161. The number of hydrogen-bond acceptors (Lipinski definition) is 2. The molecule has 0 bridgehead atoms. The topological polar surface area (TPSA) is 46.3 Å². The lowest BCUT2D eigenvalue weighted by Crippen LogP contribution is -2.37. The molecule has 0 aromatic carbocycles. The third-order valence-corrected chi connectivity index (χ3v) is 1.49. The molecule has 13 heavy (non-hydrogen) atoms. The van der Waals surface area contributed by atoms with Crippen LogP contribution in [0.1, 0.15) is 13.3 Å². The van der Waals surface area contributed by atoms with Gasteiger partial charge in [-0.2, -0.15) is 13.2 Å². The molecule has 0 aromatic rings. The first-order valence-corrected chi connectivity index (χ1v) is 3.95. The molecule has 0 spiro atoms. The maximum absolute atomic E-state index is 11.8. The number of hydrogen-bond donors (Lipinski definition) is 1. The fourth-order valence-electron chi connectivity index (χ4n) is 0.898. The van der Waals surface area contributed by atoms with Crippen LogP contribution in [0.4, 0.5) is 13.2 Å². The summed E-state index contributed by atoms with van der Waals surface area (Å²) in [6, 6.07) is 0. The molecular formula is C7H13F3N2O. The Bertz CT molecular complexity index is 170. The maximum Gasteiger partial charge on any atom is 0.397 e. The van der Waals surface area contributed by atoms with Crippen LogP contribution in [0.2, 0.25) is 0 Å². The summed E-state index contributed by atoms with van der Waals surface area (Å²) in [5, 5.41) is 0. The van der Waals surface area contributed by atoms with Gasteiger partial charge in [-0.05, 0) is 6.92 Å². The zero-order valence-electron chi connectivity index (χ0n) is 7.40. The van der Waals surface area contributed by atoms with Crippen LogP contribution in [-0.2, 0) is 4.79 Å². The Labute approximate surface area is 74.7 Å². The molecule has 0 aliphatic heterocycles. The predicted molar refractivity (Wildman–Crippen MR) is 42.0 cm³/mol. The van der Waals surface area contributed by atoms with Crippen LogP contribution in [0.15, 0.2) is 0 Å². The molecule has 0 unspecified atom stereocenters. The van der Waals surface area contributed by atoms with Gasteiger partial charge in [-0.15, -0.1) is 0 Å². The highest BCUT2D eigenvalue weighted by Gasteiger charge is 2.32. The summed E-state index contributed by atoms with van der Waals surface area (Å²) in [5.74, 6) is -0.916. The van der Waals surface area contributed by atoms with Gasteiger partial charge in [0.15, 0.2) is 0 Å². The highest BCUT2D eigenvalue weighted by Crippen LogP contribution is 2.20. The minimum atomic E-state index is -4.43. The van der Waals surface area contributed by atoms with E-state index in [2.05, 4.69) is 0 Å². The lowest BCUT2D eigenvalue weighted by atomic mass is 10.3. The van der Waals surface area contributed by atoms with E-state index in [0.29, 0.717) is 0 Å². The predicted octanol–water partition coefficient (Wildman–Crippen LogP) is 0.746. The summed E-state index contributed by atoms with van der Waals surface area (Å²) in [6.07, 6.45) is -5.83. The van der Waals surface area contributed by atoms with E-state index in [1.807, 2.05) is 0 Å². The first-order chi connectivity index (χ1) is 5.90. The van der Waals surface area contributed by atoms with Crippen molar-refractivity contribution in [1.29, 1.82) is 0 Å². The van der Waals surface area contributed by atoms with Crippen molar-refractivity contribution in [3.63, 3.8) is 0 Å². The SMILES string of the molecule is CCN(CCN)C(=O)CC(F)(F)F. The van der Waals surface area contributed by atoms with Crippen LogP contribution in [0.5, 0.6) is 0 Å². The molecule has 0 fully saturated rings. The summed E-state index contributed by atoms with van der Waals surface area (Å²) in [5.41, 5.74) is 5.13. The fourth-order valence-corrected chi connectivity index (χ4v) is 0.898. The van der Waals surface area contributed by atoms with Gasteiger partial charge < -0.3 is 10.6 Å². The third-order valence-electron chi connectivity index (χ3n) is 1.49. The average molecular weight is 198 g/mol. The van der Waals surface area contributed by atoms with Crippen molar-refractivity contribution >= 4 is 5.91 Å². The van der Waals surface area contributed by atoms with Crippen molar-refractivity contribution in [2.45, 2.75) is 19.5 Å². The van der Waals surface area contributed by atoms with Crippen LogP contribution in [0, 0.1) is 0 Å². The molecule has 0 atom stereocenters. The van der Waals surface area contributed by atoms with E-state index in [4.69, 9.17) is 5.73 Å². The van der Waals surface area contributed by atoms with E-state index in [0.717, 1.165) is 4.90 Å². The van der Waals surface area contributed by atoms with Crippen molar-refractivity contribution in [1.82, 2.24) is 4.90 Å².